The number of likely N-dealkylation sites (tertiary alicyclic amines) is 1. The predicted octanol–water partition coefficient (Wildman–Crippen LogP) is 3.66. The minimum atomic E-state index is 0.0146. The van der Waals surface area contributed by atoms with Crippen molar-refractivity contribution in [3.8, 4) is 0 Å². The van der Waals surface area contributed by atoms with Gasteiger partial charge in [-0.3, -0.25) is 9.59 Å². The zero-order chi connectivity index (χ0) is 18.4. The molecule has 2 heterocycles. The fourth-order valence-electron chi connectivity index (χ4n) is 3.23. The lowest BCUT2D eigenvalue weighted by Crippen LogP contribution is -2.42. The van der Waals surface area contributed by atoms with Crippen LogP contribution in [0.1, 0.15) is 24.0 Å². The summed E-state index contributed by atoms with van der Waals surface area (Å²) in [6, 6.07) is 11.9. The molecule has 0 radical (unpaired) electrons. The Morgan fingerprint density at radius 1 is 1.19 bits per heavy atom. The number of thiophene rings is 1. The highest BCUT2D eigenvalue weighted by molar-refractivity contribution is 7.07. The normalized spacial score (nSPS) is 15.3. The van der Waals surface area contributed by atoms with Gasteiger partial charge in [0.1, 0.15) is 0 Å². The van der Waals surface area contributed by atoms with Crippen LogP contribution in [-0.2, 0) is 16.1 Å². The molecule has 5 heteroatoms. The first-order chi connectivity index (χ1) is 12.6. The molecule has 2 aromatic rings. The predicted molar refractivity (Wildman–Crippen MR) is 106 cm³/mol. The molecule has 4 nitrogen and oxygen atoms in total. The molecule has 0 atom stereocenters. The van der Waals surface area contributed by atoms with Gasteiger partial charge in [-0.2, -0.15) is 11.3 Å². The minimum absolute atomic E-state index is 0.0146. The summed E-state index contributed by atoms with van der Waals surface area (Å²) in [6.07, 6.45) is 4.93. The van der Waals surface area contributed by atoms with Crippen molar-refractivity contribution >= 4 is 29.2 Å². The van der Waals surface area contributed by atoms with Gasteiger partial charge in [-0.05, 0) is 46.9 Å². The van der Waals surface area contributed by atoms with Crippen LogP contribution in [0.25, 0.3) is 6.08 Å². The van der Waals surface area contributed by atoms with E-state index in [1.165, 1.54) is 5.56 Å². The molecule has 0 saturated carbocycles. The van der Waals surface area contributed by atoms with E-state index >= 15 is 0 Å². The molecule has 0 spiro atoms. The number of carbonyl (C=O) groups excluding carboxylic acids is 2. The lowest BCUT2D eigenvalue weighted by atomic mass is 9.95. The lowest BCUT2D eigenvalue weighted by molar-refractivity contribution is -0.138. The second-order valence-corrected chi connectivity index (χ2v) is 7.45. The Morgan fingerprint density at radius 2 is 1.92 bits per heavy atom. The van der Waals surface area contributed by atoms with Gasteiger partial charge in [-0.1, -0.05) is 30.3 Å². The van der Waals surface area contributed by atoms with Crippen LogP contribution in [0.2, 0.25) is 0 Å². The average molecular weight is 369 g/mol. The lowest BCUT2D eigenvalue weighted by Gasteiger charge is -2.32. The first kappa shape index (κ1) is 18.4. The van der Waals surface area contributed by atoms with Gasteiger partial charge in [-0.15, -0.1) is 0 Å². The number of amides is 2. The molecule has 0 bridgehead atoms. The van der Waals surface area contributed by atoms with E-state index in [4.69, 9.17) is 0 Å². The summed E-state index contributed by atoms with van der Waals surface area (Å²) in [6.45, 7) is 1.93. The molecule has 26 heavy (non-hydrogen) atoms. The van der Waals surface area contributed by atoms with Crippen LogP contribution in [-0.4, -0.2) is 41.8 Å². The highest BCUT2D eigenvalue weighted by atomic mass is 32.1. The van der Waals surface area contributed by atoms with Gasteiger partial charge in [0.05, 0.1) is 0 Å². The highest BCUT2D eigenvalue weighted by Gasteiger charge is 2.28. The van der Waals surface area contributed by atoms with E-state index < -0.39 is 0 Å². The van der Waals surface area contributed by atoms with E-state index in [0.717, 1.165) is 18.4 Å². The fourth-order valence-corrected chi connectivity index (χ4v) is 3.89. The summed E-state index contributed by atoms with van der Waals surface area (Å²) < 4.78 is 0. The first-order valence-corrected chi connectivity index (χ1v) is 9.86. The number of hydrogen-bond acceptors (Lipinski definition) is 3. The number of benzene rings is 1. The summed E-state index contributed by atoms with van der Waals surface area (Å²) in [4.78, 5) is 28.6. The Morgan fingerprint density at radius 3 is 2.58 bits per heavy atom. The molecule has 0 aliphatic carbocycles. The molecule has 1 fully saturated rings. The van der Waals surface area contributed by atoms with Gasteiger partial charge < -0.3 is 9.80 Å². The van der Waals surface area contributed by atoms with Crippen molar-refractivity contribution in [1.29, 1.82) is 0 Å². The number of nitrogens with zero attached hydrogens (tertiary/aromatic N) is 2. The molecule has 0 N–H and O–H groups in total. The van der Waals surface area contributed by atoms with Crippen LogP contribution in [0, 0.1) is 5.92 Å². The third kappa shape index (κ3) is 4.82. The van der Waals surface area contributed by atoms with Crippen molar-refractivity contribution in [3.63, 3.8) is 0 Å². The molecule has 1 aliphatic heterocycles. The summed E-state index contributed by atoms with van der Waals surface area (Å²) in [5.74, 6) is 0.218. The van der Waals surface area contributed by atoms with Crippen LogP contribution in [0.15, 0.2) is 53.2 Å². The summed E-state index contributed by atoms with van der Waals surface area (Å²) in [5, 5.41) is 4.10. The Balaban J connectivity index is 1.48. The van der Waals surface area contributed by atoms with Crippen LogP contribution in [0.3, 0.4) is 0 Å². The van der Waals surface area contributed by atoms with Crippen LogP contribution in [0.4, 0.5) is 0 Å². The average Bonchev–Trinajstić information content (AvgIpc) is 3.19. The summed E-state index contributed by atoms with van der Waals surface area (Å²) >= 11 is 1.65. The molecule has 2 amide bonds. The quantitative estimate of drug-likeness (QED) is 0.756. The molecule has 0 unspecified atom stereocenters. The highest BCUT2D eigenvalue weighted by Crippen LogP contribution is 2.21. The van der Waals surface area contributed by atoms with E-state index in [0.29, 0.717) is 19.6 Å². The Kier molecular flexibility index (Phi) is 6.23. The van der Waals surface area contributed by atoms with E-state index in [1.54, 1.807) is 22.3 Å². The largest absolute Gasteiger partial charge is 0.341 e. The molecule has 136 valence electrons. The second-order valence-electron chi connectivity index (χ2n) is 6.67. The van der Waals surface area contributed by atoms with Gasteiger partial charge in [0.2, 0.25) is 11.8 Å². The van der Waals surface area contributed by atoms with E-state index in [2.05, 4.69) is 11.4 Å². The third-order valence-electron chi connectivity index (χ3n) is 4.75. The summed E-state index contributed by atoms with van der Waals surface area (Å²) in [5.41, 5.74) is 2.19. The molecule has 1 aliphatic rings. The van der Waals surface area contributed by atoms with Crippen molar-refractivity contribution in [1.82, 2.24) is 9.80 Å². The topological polar surface area (TPSA) is 40.6 Å². The number of hydrogen-bond donors (Lipinski definition) is 0. The molecular formula is C21H24N2O2S. The van der Waals surface area contributed by atoms with Crippen LogP contribution in [0.5, 0.6) is 0 Å². The maximum absolute atomic E-state index is 12.6. The van der Waals surface area contributed by atoms with Gasteiger partial charge in [0.25, 0.3) is 0 Å². The van der Waals surface area contributed by atoms with Crippen molar-refractivity contribution in [2.45, 2.75) is 19.4 Å². The van der Waals surface area contributed by atoms with E-state index in [1.807, 2.05) is 53.7 Å². The fraction of sp³-hybridized carbons (Fsp3) is 0.333. The Hall–Kier alpha value is -2.40. The van der Waals surface area contributed by atoms with Gasteiger partial charge in [-0.25, -0.2) is 0 Å². The van der Waals surface area contributed by atoms with Crippen molar-refractivity contribution in [3.05, 3.63) is 64.4 Å². The van der Waals surface area contributed by atoms with Crippen LogP contribution >= 0.6 is 11.3 Å². The van der Waals surface area contributed by atoms with Gasteiger partial charge >= 0.3 is 0 Å². The Labute approximate surface area is 158 Å². The number of rotatable bonds is 5. The monoisotopic (exact) mass is 368 g/mol. The standard InChI is InChI=1S/C21H24N2O2S/c1-22(15-18-11-14-26-16-18)21(25)19-9-12-23(13-10-19)20(24)8-7-17-5-3-2-4-6-17/h2-8,11,14,16,19H,9-10,12-13,15H2,1H3/b8-7+. The van der Waals surface area contributed by atoms with Crippen molar-refractivity contribution in [2.75, 3.05) is 20.1 Å². The van der Waals surface area contributed by atoms with Crippen LogP contribution < -0.4 is 0 Å². The number of carbonyl (C=O) groups is 2. The second kappa shape index (κ2) is 8.81. The summed E-state index contributed by atoms with van der Waals surface area (Å²) in [7, 11) is 1.86. The van der Waals surface area contributed by atoms with E-state index in [9.17, 15) is 9.59 Å². The molecule has 3 rings (SSSR count). The molecular weight excluding hydrogens is 344 g/mol. The zero-order valence-electron chi connectivity index (χ0n) is 15.0. The van der Waals surface area contributed by atoms with Gasteiger partial charge in [0.15, 0.2) is 0 Å². The molecule has 1 saturated heterocycles. The zero-order valence-corrected chi connectivity index (χ0v) is 15.8. The smallest absolute Gasteiger partial charge is 0.246 e. The van der Waals surface area contributed by atoms with Gasteiger partial charge in [0, 0.05) is 38.7 Å². The maximum atomic E-state index is 12.6. The van der Waals surface area contributed by atoms with Crippen molar-refractivity contribution < 1.29 is 9.59 Å². The minimum Gasteiger partial charge on any atom is -0.341 e. The number of piperidine rings is 1. The van der Waals surface area contributed by atoms with E-state index in [-0.39, 0.29) is 17.7 Å². The molecule has 1 aromatic carbocycles. The third-order valence-corrected chi connectivity index (χ3v) is 5.48. The Bertz CT molecular complexity index is 748. The first-order valence-electron chi connectivity index (χ1n) is 8.91. The maximum Gasteiger partial charge on any atom is 0.246 e. The van der Waals surface area contributed by atoms with Crippen molar-refractivity contribution in [2.24, 2.45) is 5.92 Å². The SMILES string of the molecule is CN(Cc1ccsc1)C(=O)C1CCN(C(=O)/C=C/c2ccccc2)CC1. The molecule has 1 aromatic heterocycles.